The van der Waals surface area contributed by atoms with Crippen LogP contribution in [-0.2, 0) is 29.0 Å². The minimum absolute atomic E-state index is 0.0465. The number of para-hydroxylation sites is 1. The third-order valence-electron chi connectivity index (χ3n) is 7.69. The standard InChI is InChI=1S/C35H34BrN5O5/c1-44-31-10-5-3-8-27(31)22-38-34(43)35(21-24-11-15-28(36)16-12-24)32(30-9-4-2-7-26(30)23-39-41-37)46-33(40-35)25-13-17-29(18-14-25)45-20-6-19-42/h2-5,7-18,32,42H,6,19-23H2,1H3,(H,38,43)/t32-,35-/m1/s1. The van der Waals surface area contributed by atoms with Crippen LogP contribution in [0.1, 0.15) is 40.3 Å². The zero-order chi connectivity index (χ0) is 32.4. The van der Waals surface area contributed by atoms with Crippen molar-refractivity contribution in [2.75, 3.05) is 20.3 Å². The minimum atomic E-state index is -1.44. The first-order chi connectivity index (χ1) is 22.5. The number of amides is 1. The molecule has 0 aliphatic carbocycles. The van der Waals surface area contributed by atoms with E-state index in [1.807, 2.05) is 84.9 Å². The monoisotopic (exact) mass is 683 g/mol. The van der Waals surface area contributed by atoms with Crippen molar-refractivity contribution in [3.05, 3.63) is 140 Å². The fourth-order valence-electron chi connectivity index (χ4n) is 5.39. The van der Waals surface area contributed by atoms with Gasteiger partial charge in [0.1, 0.15) is 11.5 Å². The number of carbonyl (C=O) groups excluding carboxylic acids is 1. The number of aliphatic imine (C=N–C) groups is 1. The molecule has 5 rings (SSSR count). The van der Waals surface area contributed by atoms with Gasteiger partial charge in [-0.2, -0.15) is 0 Å². The summed E-state index contributed by atoms with van der Waals surface area (Å²) in [5.41, 5.74) is 11.5. The van der Waals surface area contributed by atoms with Gasteiger partial charge in [0.15, 0.2) is 11.6 Å². The molecule has 0 radical (unpaired) electrons. The van der Waals surface area contributed by atoms with Gasteiger partial charge in [0.05, 0.1) is 20.3 Å². The van der Waals surface area contributed by atoms with Gasteiger partial charge < -0.3 is 24.6 Å². The molecule has 1 aliphatic heterocycles. The first kappa shape index (κ1) is 32.6. The van der Waals surface area contributed by atoms with Crippen molar-refractivity contribution in [1.82, 2.24) is 5.32 Å². The average Bonchev–Trinajstić information content (AvgIpc) is 3.48. The second-order valence-corrected chi connectivity index (χ2v) is 11.6. The number of nitrogens with zero attached hydrogens (tertiary/aromatic N) is 4. The SMILES string of the molecule is COc1ccccc1CNC(=O)[C@]1(Cc2ccc(Br)cc2)N=C(c2ccc(OCCCO)cc2)O[C@@H]1c1ccccc1CN=[N+]=[N-]. The molecule has 236 valence electrons. The van der Waals surface area contributed by atoms with Crippen LogP contribution in [0, 0.1) is 0 Å². The number of methoxy groups -OCH3 is 1. The van der Waals surface area contributed by atoms with Crippen LogP contribution in [0.15, 0.2) is 112 Å². The maximum atomic E-state index is 14.6. The van der Waals surface area contributed by atoms with Crippen molar-refractivity contribution >= 4 is 27.7 Å². The maximum absolute atomic E-state index is 14.6. The molecular formula is C35H34BrN5O5. The molecule has 0 aromatic heterocycles. The lowest BCUT2D eigenvalue weighted by Crippen LogP contribution is -2.50. The van der Waals surface area contributed by atoms with Crippen LogP contribution >= 0.6 is 15.9 Å². The summed E-state index contributed by atoms with van der Waals surface area (Å²) in [6, 6.07) is 30.0. The van der Waals surface area contributed by atoms with Gasteiger partial charge in [-0.3, -0.25) is 4.79 Å². The van der Waals surface area contributed by atoms with Gasteiger partial charge in [-0.15, -0.1) is 0 Å². The van der Waals surface area contributed by atoms with Gasteiger partial charge >= 0.3 is 0 Å². The molecule has 0 spiro atoms. The van der Waals surface area contributed by atoms with Gasteiger partial charge in [-0.25, -0.2) is 4.99 Å². The van der Waals surface area contributed by atoms with Gasteiger partial charge in [0.25, 0.3) is 5.91 Å². The van der Waals surface area contributed by atoms with Crippen molar-refractivity contribution < 1.29 is 24.1 Å². The van der Waals surface area contributed by atoms with E-state index in [2.05, 4.69) is 31.3 Å². The van der Waals surface area contributed by atoms with Crippen LogP contribution in [-0.4, -0.2) is 42.8 Å². The molecule has 4 aromatic carbocycles. The molecular weight excluding hydrogens is 650 g/mol. The topological polar surface area (TPSA) is 138 Å². The third-order valence-corrected chi connectivity index (χ3v) is 8.22. The Kier molecular flexibility index (Phi) is 10.9. The second kappa shape index (κ2) is 15.4. The predicted molar refractivity (Wildman–Crippen MR) is 179 cm³/mol. The van der Waals surface area contributed by atoms with E-state index >= 15 is 0 Å². The molecule has 0 saturated heterocycles. The Labute approximate surface area is 275 Å². The van der Waals surface area contributed by atoms with E-state index in [-0.39, 0.29) is 32.0 Å². The van der Waals surface area contributed by atoms with Crippen LogP contribution < -0.4 is 14.8 Å². The van der Waals surface area contributed by atoms with Crippen molar-refractivity contribution in [3.8, 4) is 11.5 Å². The summed E-state index contributed by atoms with van der Waals surface area (Å²) in [7, 11) is 1.59. The van der Waals surface area contributed by atoms with Crippen LogP contribution in [0.3, 0.4) is 0 Å². The number of nitrogens with one attached hydrogen (secondary N) is 1. The number of carbonyl (C=O) groups is 1. The molecule has 1 aliphatic rings. The van der Waals surface area contributed by atoms with Crippen molar-refractivity contribution in [1.29, 1.82) is 0 Å². The quantitative estimate of drug-likeness (QED) is 0.0648. The van der Waals surface area contributed by atoms with Gasteiger partial charge in [0.2, 0.25) is 5.90 Å². The molecule has 0 bridgehead atoms. The van der Waals surface area contributed by atoms with E-state index in [9.17, 15) is 4.79 Å². The van der Waals surface area contributed by atoms with Crippen LogP contribution in [0.2, 0.25) is 0 Å². The fourth-order valence-corrected chi connectivity index (χ4v) is 5.66. The third kappa shape index (κ3) is 7.51. The van der Waals surface area contributed by atoms with E-state index < -0.39 is 11.6 Å². The van der Waals surface area contributed by atoms with Crippen molar-refractivity contribution in [3.63, 3.8) is 0 Å². The highest BCUT2D eigenvalue weighted by molar-refractivity contribution is 9.10. The lowest BCUT2D eigenvalue weighted by atomic mass is 9.80. The van der Waals surface area contributed by atoms with E-state index in [1.54, 1.807) is 19.2 Å². The normalized spacial score (nSPS) is 16.9. The Balaban J connectivity index is 1.60. The summed E-state index contributed by atoms with van der Waals surface area (Å²) < 4.78 is 18.8. The molecule has 10 nitrogen and oxygen atoms in total. The van der Waals surface area contributed by atoms with E-state index in [0.29, 0.717) is 41.6 Å². The summed E-state index contributed by atoms with van der Waals surface area (Å²) in [6.45, 7) is 0.729. The number of aliphatic hydroxyl groups excluding tert-OH is 1. The lowest BCUT2D eigenvalue weighted by molar-refractivity contribution is -0.129. The van der Waals surface area contributed by atoms with Gasteiger partial charge in [0, 0.05) is 46.5 Å². The molecule has 0 fully saturated rings. The Morgan fingerprint density at radius 1 is 1.04 bits per heavy atom. The number of hydrogen-bond acceptors (Lipinski definition) is 7. The molecule has 0 saturated carbocycles. The van der Waals surface area contributed by atoms with Crippen LogP contribution in [0.4, 0.5) is 0 Å². The smallest absolute Gasteiger partial charge is 0.252 e. The molecule has 1 heterocycles. The van der Waals surface area contributed by atoms with E-state index in [1.165, 1.54) is 0 Å². The number of ether oxygens (including phenoxy) is 3. The van der Waals surface area contributed by atoms with Crippen LogP contribution in [0.25, 0.3) is 10.4 Å². The molecule has 2 N–H and O–H groups in total. The predicted octanol–water partition coefficient (Wildman–Crippen LogP) is 6.85. The Morgan fingerprint density at radius 3 is 2.48 bits per heavy atom. The first-order valence-electron chi connectivity index (χ1n) is 14.8. The van der Waals surface area contributed by atoms with Crippen molar-refractivity contribution in [2.45, 2.75) is 37.6 Å². The Hall–Kier alpha value is -4.83. The zero-order valence-electron chi connectivity index (χ0n) is 25.3. The highest BCUT2D eigenvalue weighted by Gasteiger charge is 2.53. The van der Waals surface area contributed by atoms with E-state index in [4.69, 9.17) is 29.8 Å². The molecule has 46 heavy (non-hydrogen) atoms. The Bertz CT molecular complexity index is 1720. The number of benzene rings is 4. The summed E-state index contributed by atoms with van der Waals surface area (Å²) in [6.07, 6.45) is -0.101. The Morgan fingerprint density at radius 2 is 1.76 bits per heavy atom. The number of azide groups is 1. The number of rotatable bonds is 14. The summed E-state index contributed by atoms with van der Waals surface area (Å²) >= 11 is 3.51. The van der Waals surface area contributed by atoms with Crippen LogP contribution in [0.5, 0.6) is 11.5 Å². The lowest BCUT2D eigenvalue weighted by Gasteiger charge is -2.32. The molecule has 11 heteroatoms. The summed E-state index contributed by atoms with van der Waals surface area (Å²) in [5, 5.41) is 16.0. The highest BCUT2D eigenvalue weighted by Crippen LogP contribution is 2.44. The summed E-state index contributed by atoms with van der Waals surface area (Å²) in [5.74, 6) is 1.27. The second-order valence-electron chi connectivity index (χ2n) is 10.7. The minimum Gasteiger partial charge on any atom is -0.496 e. The average molecular weight is 685 g/mol. The molecule has 4 aromatic rings. The summed E-state index contributed by atoms with van der Waals surface area (Å²) in [4.78, 5) is 22.7. The molecule has 0 unspecified atom stereocenters. The molecule has 1 amide bonds. The molecule has 2 atom stereocenters. The van der Waals surface area contributed by atoms with E-state index in [0.717, 1.165) is 21.2 Å². The zero-order valence-corrected chi connectivity index (χ0v) is 26.9. The van der Waals surface area contributed by atoms with Gasteiger partial charge in [-0.05, 0) is 64.7 Å². The first-order valence-corrected chi connectivity index (χ1v) is 15.6. The maximum Gasteiger partial charge on any atom is 0.252 e. The highest BCUT2D eigenvalue weighted by atomic mass is 79.9. The number of halogens is 1. The number of aliphatic hydroxyl groups is 1. The fraction of sp³-hybridized carbons (Fsp3) is 0.257. The number of hydrogen-bond donors (Lipinski definition) is 2. The van der Waals surface area contributed by atoms with Crippen molar-refractivity contribution in [2.24, 2.45) is 10.1 Å². The largest absolute Gasteiger partial charge is 0.496 e. The van der Waals surface area contributed by atoms with Gasteiger partial charge in [-0.1, -0.05) is 75.6 Å².